The molecule has 0 unspecified atom stereocenters. The van der Waals surface area contributed by atoms with Crippen molar-refractivity contribution >= 4 is 17.8 Å². The van der Waals surface area contributed by atoms with Crippen LogP contribution in [0.3, 0.4) is 0 Å². The quantitative estimate of drug-likeness (QED) is 0.420. The van der Waals surface area contributed by atoms with Crippen molar-refractivity contribution in [2.45, 2.75) is 38.6 Å². The Morgan fingerprint density at radius 2 is 2.22 bits per heavy atom. The van der Waals surface area contributed by atoms with Gasteiger partial charge in [-0.1, -0.05) is 13.0 Å². The highest BCUT2D eigenvalue weighted by atomic mass is 16.5. The highest BCUT2D eigenvalue weighted by Gasteiger charge is 2.41. The van der Waals surface area contributed by atoms with Gasteiger partial charge < -0.3 is 19.5 Å². The summed E-state index contributed by atoms with van der Waals surface area (Å²) in [7, 11) is 3.19. The van der Waals surface area contributed by atoms with Crippen LogP contribution in [0, 0.1) is 5.92 Å². The molecule has 0 aliphatic carbocycles. The topological polar surface area (TPSA) is 93.5 Å². The molecule has 0 aromatic carbocycles. The smallest absolute Gasteiger partial charge is 0.330 e. The fourth-order valence-electron chi connectivity index (χ4n) is 3.41. The minimum Gasteiger partial charge on any atom is -0.466 e. The Balaban J connectivity index is 2.09. The number of methoxy groups -OCH3 is 1. The van der Waals surface area contributed by atoms with E-state index >= 15 is 0 Å². The molecule has 1 saturated heterocycles. The first-order chi connectivity index (χ1) is 13.0. The van der Waals surface area contributed by atoms with Gasteiger partial charge >= 0.3 is 5.97 Å². The number of aromatic nitrogens is 2. The molecule has 0 saturated carbocycles. The van der Waals surface area contributed by atoms with Gasteiger partial charge in [0.2, 0.25) is 11.8 Å². The average Bonchev–Trinajstić information content (AvgIpc) is 3.08. The minimum atomic E-state index is -0.418. The van der Waals surface area contributed by atoms with Crippen LogP contribution in [0.2, 0.25) is 0 Å². The van der Waals surface area contributed by atoms with Gasteiger partial charge in [-0.05, 0) is 19.3 Å². The van der Waals surface area contributed by atoms with E-state index in [1.165, 1.54) is 13.2 Å². The van der Waals surface area contributed by atoms with E-state index in [9.17, 15) is 14.4 Å². The predicted molar refractivity (Wildman–Crippen MR) is 99.5 cm³/mol. The molecule has 1 aromatic heterocycles. The van der Waals surface area contributed by atoms with Crippen molar-refractivity contribution < 1.29 is 19.1 Å². The first-order valence-electron chi connectivity index (χ1n) is 9.27. The van der Waals surface area contributed by atoms with Gasteiger partial charge in [0, 0.05) is 32.6 Å². The summed E-state index contributed by atoms with van der Waals surface area (Å²) in [4.78, 5) is 42.3. The molecule has 2 rings (SSSR count). The third kappa shape index (κ3) is 5.18. The molecule has 1 aliphatic rings. The molecule has 0 spiro atoms. The molecule has 1 N–H and O–H groups in total. The summed E-state index contributed by atoms with van der Waals surface area (Å²) in [6, 6.07) is -0.315. The van der Waals surface area contributed by atoms with Crippen LogP contribution in [0.15, 0.2) is 24.7 Å². The SMILES string of the molecule is CCCN1C(=O)CC[C@H](C(=O)NCC/C=C/C(=O)OC)[C@H]1c1cncn1C. The molecule has 0 radical (unpaired) electrons. The number of nitrogens with zero attached hydrogens (tertiary/aromatic N) is 3. The van der Waals surface area contributed by atoms with Gasteiger partial charge in [0.05, 0.1) is 37.3 Å². The molecule has 1 aromatic rings. The fourth-order valence-corrected chi connectivity index (χ4v) is 3.41. The van der Waals surface area contributed by atoms with Gasteiger partial charge in [0.15, 0.2) is 0 Å². The summed E-state index contributed by atoms with van der Waals surface area (Å²) in [5.41, 5.74) is 0.863. The number of hydrogen-bond donors (Lipinski definition) is 1. The van der Waals surface area contributed by atoms with Crippen molar-refractivity contribution in [3.63, 3.8) is 0 Å². The van der Waals surface area contributed by atoms with E-state index in [0.717, 1.165) is 12.1 Å². The summed E-state index contributed by atoms with van der Waals surface area (Å²) in [5.74, 6) is -0.748. The summed E-state index contributed by atoms with van der Waals surface area (Å²) in [6.07, 6.45) is 8.66. The predicted octanol–water partition coefficient (Wildman–Crippen LogP) is 1.35. The summed E-state index contributed by atoms with van der Waals surface area (Å²) < 4.78 is 6.39. The van der Waals surface area contributed by atoms with Crippen LogP contribution >= 0.6 is 0 Å². The number of hydrogen-bond acceptors (Lipinski definition) is 5. The van der Waals surface area contributed by atoms with Gasteiger partial charge in [0.1, 0.15) is 0 Å². The van der Waals surface area contributed by atoms with Crippen molar-refractivity contribution in [2.75, 3.05) is 20.2 Å². The van der Waals surface area contributed by atoms with Gasteiger partial charge in [-0.25, -0.2) is 9.78 Å². The van der Waals surface area contributed by atoms with Crippen LogP contribution in [0.4, 0.5) is 0 Å². The summed E-state index contributed by atoms with van der Waals surface area (Å²) in [6.45, 7) is 3.05. The molecule has 8 nitrogen and oxygen atoms in total. The van der Waals surface area contributed by atoms with E-state index in [1.54, 1.807) is 18.6 Å². The van der Waals surface area contributed by atoms with Gasteiger partial charge in [-0.2, -0.15) is 0 Å². The second kappa shape index (κ2) is 9.89. The normalized spacial score (nSPS) is 20.1. The number of carbonyl (C=O) groups is 3. The summed E-state index contributed by atoms with van der Waals surface area (Å²) >= 11 is 0. The maximum atomic E-state index is 12.8. The number of likely N-dealkylation sites (tertiary alicyclic amines) is 1. The van der Waals surface area contributed by atoms with Crippen LogP contribution in [-0.4, -0.2) is 52.4 Å². The second-order valence-corrected chi connectivity index (χ2v) is 6.61. The standard InChI is InChI=1S/C19H28N4O4/c1-4-11-23-16(24)9-8-14(18(23)15-12-20-13-22(15)2)19(26)21-10-6-5-7-17(25)27-3/h5,7,12-14,18H,4,6,8-11H2,1-3H3,(H,21,26)/b7-5+/t14-,18-/m0/s1. The van der Waals surface area contributed by atoms with E-state index in [2.05, 4.69) is 15.0 Å². The Morgan fingerprint density at radius 3 is 2.85 bits per heavy atom. The number of piperidine rings is 1. The highest BCUT2D eigenvalue weighted by molar-refractivity contribution is 5.85. The molecular weight excluding hydrogens is 348 g/mol. The number of carbonyl (C=O) groups excluding carboxylic acids is 3. The van der Waals surface area contributed by atoms with Crippen LogP contribution < -0.4 is 5.32 Å². The number of imidazole rings is 1. The van der Waals surface area contributed by atoms with E-state index in [4.69, 9.17) is 0 Å². The molecule has 0 bridgehead atoms. The Kier molecular flexibility index (Phi) is 7.57. The van der Waals surface area contributed by atoms with Crippen LogP contribution in [0.5, 0.6) is 0 Å². The molecule has 2 amide bonds. The highest BCUT2D eigenvalue weighted by Crippen LogP contribution is 2.36. The average molecular weight is 376 g/mol. The molecular formula is C19H28N4O4. The number of rotatable bonds is 8. The minimum absolute atomic E-state index is 0.0770. The molecule has 1 fully saturated rings. The van der Waals surface area contributed by atoms with Crippen molar-refractivity contribution in [1.29, 1.82) is 0 Å². The Labute approximate surface area is 159 Å². The monoisotopic (exact) mass is 376 g/mol. The second-order valence-electron chi connectivity index (χ2n) is 6.61. The molecule has 2 heterocycles. The first-order valence-corrected chi connectivity index (χ1v) is 9.27. The molecule has 2 atom stereocenters. The number of ether oxygens (including phenoxy) is 1. The molecule has 1 aliphatic heterocycles. The van der Waals surface area contributed by atoms with E-state index in [-0.39, 0.29) is 23.8 Å². The third-order valence-electron chi connectivity index (χ3n) is 4.73. The number of amides is 2. The lowest BCUT2D eigenvalue weighted by Crippen LogP contribution is -2.48. The molecule has 148 valence electrons. The molecule has 27 heavy (non-hydrogen) atoms. The molecule has 8 heteroatoms. The van der Waals surface area contributed by atoms with Crippen LogP contribution in [-0.2, 0) is 26.2 Å². The number of esters is 1. The van der Waals surface area contributed by atoms with Crippen LogP contribution in [0.1, 0.15) is 44.3 Å². The Morgan fingerprint density at radius 1 is 1.44 bits per heavy atom. The lowest BCUT2D eigenvalue weighted by atomic mass is 9.85. The zero-order valence-electron chi connectivity index (χ0n) is 16.2. The van der Waals surface area contributed by atoms with Crippen molar-refractivity contribution in [3.8, 4) is 0 Å². The van der Waals surface area contributed by atoms with E-state index in [0.29, 0.717) is 32.4 Å². The number of aryl methyl sites for hydroxylation is 1. The fraction of sp³-hybridized carbons (Fsp3) is 0.579. The Hall–Kier alpha value is -2.64. The van der Waals surface area contributed by atoms with E-state index < -0.39 is 5.97 Å². The lowest BCUT2D eigenvalue weighted by molar-refractivity contribution is -0.143. The van der Waals surface area contributed by atoms with Crippen molar-refractivity contribution in [2.24, 2.45) is 13.0 Å². The largest absolute Gasteiger partial charge is 0.466 e. The zero-order valence-corrected chi connectivity index (χ0v) is 16.2. The Bertz CT molecular complexity index is 698. The van der Waals surface area contributed by atoms with Crippen LogP contribution in [0.25, 0.3) is 0 Å². The van der Waals surface area contributed by atoms with E-state index in [1.807, 2.05) is 23.4 Å². The van der Waals surface area contributed by atoms with Gasteiger partial charge in [-0.15, -0.1) is 0 Å². The first kappa shape index (κ1) is 20.7. The lowest BCUT2D eigenvalue weighted by Gasteiger charge is -2.40. The number of nitrogens with one attached hydrogen (secondary N) is 1. The third-order valence-corrected chi connectivity index (χ3v) is 4.73. The summed E-state index contributed by atoms with van der Waals surface area (Å²) in [5, 5.41) is 2.92. The maximum Gasteiger partial charge on any atom is 0.330 e. The van der Waals surface area contributed by atoms with Crippen molar-refractivity contribution in [3.05, 3.63) is 30.4 Å². The maximum absolute atomic E-state index is 12.8. The van der Waals surface area contributed by atoms with Gasteiger partial charge in [-0.3, -0.25) is 9.59 Å². The zero-order chi connectivity index (χ0) is 19.8. The van der Waals surface area contributed by atoms with Gasteiger partial charge in [0.25, 0.3) is 0 Å². The van der Waals surface area contributed by atoms with Crippen molar-refractivity contribution in [1.82, 2.24) is 19.8 Å².